The number of nitrogens with two attached hydrogens (primary N) is 1. The van der Waals surface area contributed by atoms with Gasteiger partial charge in [0.2, 0.25) is 10.7 Å². The molecule has 2 unspecified atom stereocenters. The lowest BCUT2D eigenvalue weighted by Gasteiger charge is -2.49. The minimum absolute atomic E-state index is 0.0518. The van der Waals surface area contributed by atoms with E-state index < -0.39 is 44.9 Å². The lowest BCUT2D eigenvalue weighted by Crippen LogP contribution is -2.71. The molecule has 0 spiro atoms. The van der Waals surface area contributed by atoms with Gasteiger partial charge < -0.3 is 30.9 Å². The van der Waals surface area contributed by atoms with E-state index in [9.17, 15) is 29.4 Å². The summed E-state index contributed by atoms with van der Waals surface area (Å²) in [5, 5.41) is 28.0. The van der Waals surface area contributed by atoms with Gasteiger partial charge in [-0.05, 0) is 12.5 Å². The Kier molecular flexibility index (Phi) is 9.26. The van der Waals surface area contributed by atoms with E-state index in [2.05, 4.69) is 26.4 Å². The zero-order valence-electron chi connectivity index (χ0n) is 20.4. The first-order valence-electron chi connectivity index (χ1n) is 11.1. The van der Waals surface area contributed by atoms with Crippen molar-refractivity contribution in [1.82, 2.24) is 20.2 Å². The van der Waals surface area contributed by atoms with Gasteiger partial charge in [-0.1, -0.05) is 22.8 Å². The van der Waals surface area contributed by atoms with Crippen LogP contribution in [0.3, 0.4) is 0 Å². The van der Waals surface area contributed by atoms with Crippen LogP contribution in [0.5, 0.6) is 0 Å². The Morgan fingerprint density at radius 2 is 2.23 bits per heavy atom. The number of nitrogens with zero attached hydrogens (tertiary/aromatic N) is 4. The Bertz CT molecular complexity index is 1480. The van der Waals surface area contributed by atoms with Crippen molar-refractivity contribution in [3.63, 3.8) is 0 Å². The van der Waals surface area contributed by atoms with Crippen LogP contribution in [0, 0.1) is 19.3 Å². The molecule has 1 saturated heterocycles. The summed E-state index contributed by atoms with van der Waals surface area (Å²) < 4.78 is 0.571. The number of rotatable bonds is 11. The second-order valence-corrected chi connectivity index (χ2v) is 13.7. The molecule has 210 valence electrons. The molecule has 0 radical (unpaired) electrons. The number of thiazole rings is 2. The van der Waals surface area contributed by atoms with Gasteiger partial charge in [-0.25, -0.2) is 9.78 Å². The van der Waals surface area contributed by atoms with Crippen LogP contribution < -0.4 is 16.2 Å². The molecule has 0 aromatic carbocycles. The summed E-state index contributed by atoms with van der Waals surface area (Å²) >= 11 is 3.73. The molecule has 13 nitrogen and oxygen atoms in total. The number of aryl methyl sites for hydroxylation is 1. The number of carboxylic acid groups (broad SMARTS) is 2. The van der Waals surface area contributed by atoms with Gasteiger partial charge in [0, 0.05) is 28.8 Å². The van der Waals surface area contributed by atoms with E-state index in [1.165, 1.54) is 40.2 Å². The number of hydrogen-bond donors (Lipinski definition) is 3. The van der Waals surface area contributed by atoms with E-state index in [0.717, 1.165) is 4.90 Å². The predicted molar refractivity (Wildman–Crippen MR) is 150 cm³/mol. The fraction of sp³-hybridized carbons (Fsp3) is 0.318. The van der Waals surface area contributed by atoms with Crippen LogP contribution in [0.1, 0.15) is 16.3 Å². The van der Waals surface area contributed by atoms with Crippen molar-refractivity contribution in [3.8, 4) is 12.3 Å². The number of carboxylic acids is 2. The number of nitrogens with one attached hydrogen (secondary N) is 1. The summed E-state index contributed by atoms with van der Waals surface area (Å²) in [5.74, 6) is -1.22. The fourth-order valence-corrected chi connectivity index (χ4v) is 8.43. The zero-order chi connectivity index (χ0) is 29.1. The van der Waals surface area contributed by atoms with Gasteiger partial charge in [0.05, 0.1) is 5.69 Å². The molecule has 1 fully saturated rings. The van der Waals surface area contributed by atoms with Crippen LogP contribution in [-0.2, 0) is 30.4 Å². The van der Waals surface area contributed by atoms with Crippen molar-refractivity contribution < 1.29 is 34.2 Å². The van der Waals surface area contributed by atoms with Gasteiger partial charge in [-0.3, -0.25) is 14.5 Å². The molecule has 2 amide bonds. The van der Waals surface area contributed by atoms with E-state index >= 15 is 0 Å². The summed E-state index contributed by atoms with van der Waals surface area (Å²) in [6, 6.07) is -1.04. The Hall–Kier alpha value is -3.30. The third kappa shape index (κ3) is 6.20. The zero-order valence-corrected chi connectivity index (χ0v) is 24.4. The number of nitrogen functional groups attached to an aromatic ring is 1. The minimum Gasteiger partial charge on any atom is -0.550 e. The van der Waals surface area contributed by atoms with Gasteiger partial charge in [0.15, 0.2) is 27.7 Å². The number of halogens is 1. The third-order valence-corrected chi connectivity index (χ3v) is 10.9. The molecular formula is C22H19ClN6O7S4. The van der Waals surface area contributed by atoms with Gasteiger partial charge in [0.25, 0.3) is 11.8 Å². The first-order valence-corrected chi connectivity index (χ1v) is 16.1. The Balaban J connectivity index is 1.48. The number of hydrogen-bond acceptors (Lipinski definition) is 13. The third-order valence-electron chi connectivity index (χ3n) is 5.49. The molecule has 4 N–H and O–H groups in total. The molecule has 0 saturated carbocycles. The van der Waals surface area contributed by atoms with Gasteiger partial charge >= 0.3 is 11.1 Å². The maximum atomic E-state index is 13.1. The van der Waals surface area contributed by atoms with E-state index in [1.54, 1.807) is 6.92 Å². The quantitative estimate of drug-likeness (QED) is 0.0579. The molecule has 0 bridgehead atoms. The first kappa shape index (κ1) is 29.7. The highest BCUT2D eigenvalue weighted by atomic mass is 35.7. The molecule has 4 rings (SSSR count). The number of fused-ring (bicyclic) bond motifs is 1. The maximum absolute atomic E-state index is 13.1. The number of amides is 2. The molecule has 40 heavy (non-hydrogen) atoms. The minimum atomic E-state index is -1.29. The normalized spacial score (nSPS) is 19.0. The fourth-order valence-electron chi connectivity index (χ4n) is 3.71. The number of carbonyl (C=O) groups is 4. The number of aromatic nitrogens is 2. The van der Waals surface area contributed by atoms with Gasteiger partial charge in [-0.15, -0.1) is 29.5 Å². The molecule has 3 atom stereocenters. The van der Waals surface area contributed by atoms with Crippen molar-refractivity contribution in [2.45, 2.75) is 29.1 Å². The van der Waals surface area contributed by atoms with E-state index in [0.29, 0.717) is 20.5 Å². The standard InChI is InChI=1S/C22H19ClN6O7S4/c1-3-4-36-28-14(11-8-40(23)21(24)26-11)17(32)27-15-18(33)29-16(20(34)35)10(6-37-19(15)29)7-38-22-25-9(2)12(39-22)5-13(30)31/h1,8,15,19H,4-7H2,2H3,(H4-,24,26,27,30,31,32,34,35)/t15?,19-,40?/m1/s1. The highest BCUT2D eigenvalue weighted by Crippen LogP contribution is 2.42. The van der Waals surface area contributed by atoms with Crippen molar-refractivity contribution in [2.75, 3.05) is 23.8 Å². The van der Waals surface area contributed by atoms with Crippen LogP contribution >= 0.6 is 55.2 Å². The monoisotopic (exact) mass is 642 g/mol. The van der Waals surface area contributed by atoms with E-state index in [4.69, 9.17) is 27.7 Å². The number of β-lactam (4-membered cyclic amide) rings is 1. The highest BCUT2D eigenvalue weighted by molar-refractivity contribution is 8.01. The average Bonchev–Trinajstić information content (AvgIpc) is 3.42. The number of carbonyl (C=O) groups excluding carboxylic acids is 3. The second kappa shape index (κ2) is 12.5. The summed E-state index contributed by atoms with van der Waals surface area (Å²) in [4.78, 5) is 64.2. The van der Waals surface area contributed by atoms with E-state index in [-0.39, 0.29) is 46.8 Å². The van der Waals surface area contributed by atoms with Crippen LogP contribution in [0.15, 0.2) is 26.1 Å². The Morgan fingerprint density at radius 3 is 2.85 bits per heavy atom. The smallest absolute Gasteiger partial charge is 0.357 e. The summed E-state index contributed by atoms with van der Waals surface area (Å²) in [6.45, 7) is 1.46. The number of thioether (sulfide) groups is 2. The van der Waals surface area contributed by atoms with Crippen molar-refractivity contribution >= 4 is 89.8 Å². The van der Waals surface area contributed by atoms with Gasteiger partial charge in [-0.2, -0.15) is 4.98 Å². The lowest BCUT2D eigenvalue weighted by molar-refractivity contribution is -0.304. The summed E-state index contributed by atoms with van der Waals surface area (Å²) in [6.07, 6.45) is 4.90. The molecule has 2 aliphatic heterocycles. The molecular weight excluding hydrogens is 624 g/mol. The van der Waals surface area contributed by atoms with Crippen LogP contribution in [0.2, 0.25) is 0 Å². The molecule has 2 aromatic heterocycles. The SMILES string of the molecule is C#CCON=C(C(=O)NC1C(=O)N2C(C(=O)O)=C(CSc3nc(C)c(CC(=O)[O-])s3)CS[C@H]12)c1c[s+](Cl)c(N)n1. The Labute approximate surface area is 246 Å². The second-order valence-electron chi connectivity index (χ2n) is 8.10. The Morgan fingerprint density at radius 1 is 1.48 bits per heavy atom. The number of oxime groups is 1. The lowest BCUT2D eigenvalue weighted by atomic mass is 10.0. The van der Waals surface area contributed by atoms with Crippen molar-refractivity contribution in [3.05, 3.63) is 32.9 Å². The molecule has 18 heteroatoms. The molecule has 2 aliphatic rings. The summed E-state index contributed by atoms with van der Waals surface area (Å²) in [7, 11) is 5.02. The first-order chi connectivity index (χ1) is 19.0. The highest BCUT2D eigenvalue weighted by Gasteiger charge is 2.54. The van der Waals surface area contributed by atoms with E-state index in [1.807, 2.05) is 0 Å². The van der Waals surface area contributed by atoms with Crippen molar-refractivity contribution in [2.24, 2.45) is 5.16 Å². The van der Waals surface area contributed by atoms with Crippen molar-refractivity contribution in [1.29, 1.82) is 0 Å². The van der Waals surface area contributed by atoms with Crippen LogP contribution in [-0.4, -0.2) is 79.0 Å². The number of anilines is 1. The molecule has 4 heterocycles. The maximum Gasteiger partial charge on any atom is 0.357 e. The van der Waals surface area contributed by atoms with Gasteiger partial charge in [0.1, 0.15) is 26.8 Å². The molecule has 2 aromatic rings. The summed E-state index contributed by atoms with van der Waals surface area (Å²) in [5.41, 5.74) is 6.37. The van der Waals surface area contributed by atoms with Crippen LogP contribution in [0.25, 0.3) is 0 Å². The molecule has 0 aliphatic carbocycles. The predicted octanol–water partition coefficient (Wildman–Crippen LogP) is 0.357. The topological polar surface area (TPSA) is 200 Å². The average molecular weight is 643 g/mol. The largest absolute Gasteiger partial charge is 0.550 e. The number of aliphatic carboxylic acids is 2. The van der Waals surface area contributed by atoms with Crippen LogP contribution in [0.4, 0.5) is 5.13 Å². The number of terminal acetylenes is 1.